The van der Waals surface area contributed by atoms with Crippen LogP contribution in [0.4, 0.5) is 0 Å². The van der Waals surface area contributed by atoms with Crippen LogP contribution in [0, 0.1) is 33.7 Å². The Balaban J connectivity index is -0.00000398. The molecular weight excluding hydrogens is 709 g/mol. The average Bonchev–Trinajstić information content (AvgIpc) is 2.73. The van der Waals surface area contributed by atoms with Crippen molar-refractivity contribution in [2.75, 3.05) is 26.8 Å². The molecular formula is C32H64CmNO4-. The van der Waals surface area contributed by atoms with Crippen LogP contribution in [0.15, 0.2) is 0 Å². The van der Waals surface area contributed by atoms with Gasteiger partial charge in [-0.1, -0.05) is 83.1 Å². The Kier molecular flexibility index (Phi) is 18.0. The van der Waals surface area contributed by atoms with E-state index in [1.807, 2.05) is 46.6 Å². The fraction of sp³-hybridized carbons (Fsp3) is 0.906. The third-order valence-electron chi connectivity index (χ3n) is 8.78. The Morgan fingerprint density at radius 3 is 1.82 bits per heavy atom. The Labute approximate surface area is 231 Å². The third kappa shape index (κ3) is 13.2. The summed E-state index contributed by atoms with van der Waals surface area (Å²) in [4.78, 5) is 26.4. The van der Waals surface area contributed by atoms with E-state index < -0.39 is 0 Å². The van der Waals surface area contributed by atoms with Gasteiger partial charge in [-0.25, -0.2) is 0 Å². The number of hydrogen-bond donors (Lipinski definition) is 0. The fourth-order valence-electron chi connectivity index (χ4n) is 4.20. The molecule has 0 spiro atoms. The summed E-state index contributed by atoms with van der Waals surface area (Å²) in [6.07, 6.45) is 4.18. The maximum atomic E-state index is 12.5. The minimum absolute atomic E-state index is 0. The number of ether oxygens (including phenoxy) is 2. The first-order chi connectivity index (χ1) is 16.7. The van der Waals surface area contributed by atoms with Crippen molar-refractivity contribution in [3.05, 3.63) is 6.10 Å². The minimum atomic E-state index is -0.375. The van der Waals surface area contributed by atoms with Gasteiger partial charge in [0.15, 0.2) is 0 Å². The molecule has 230 valence electrons. The first kappa shape index (κ1) is 40.6. The molecule has 0 aromatic rings. The molecule has 1 unspecified atom stereocenters. The van der Waals surface area contributed by atoms with E-state index in [0.29, 0.717) is 25.6 Å². The van der Waals surface area contributed by atoms with Gasteiger partial charge in [0.1, 0.15) is 5.78 Å². The van der Waals surface area contributed by atoms with Gasteiger partial charge in [-0.2, -0.15) is 13.0 Å². The van der Waals surface area contributed by atoms with E-state index in [4.69, 9.17) is 9.47 Å². The molecule has 0 N–H and O–H groups in total. The predicted octanol–water partition coefficient (Wildman–Crippen LogP) is 8.35. The SMILES string of the molecule is CC.CC(=O)C(C)(C)C(C)(C)CCO[C-](C)CCOC(C)CC(C)(C)C(C)(C)CN(C)C(=O)CC(C)C.[Cm]. The van der Waals surface area contributed by atoms with E-state index in [9.17, 15) is 9.59 Å². The Hall–Kier alpha value is -1.94. The second-order valence-corrected chi connectivity index (χ2v) is 13.6. The molecule has 1 amide bonds. The standard InChI is InChI=1S/C30H58NO4.C2H6.Cm/c1-22(2)19-26(33)31(14)21-29(10,11)28(8,9)20-24(4)34-17-15-23(3)35-18-16-27(6,7)30(12,13)25(5)32;1-2;/h22,24H,15-21H2,1-14H3;1-2H3;/q-1;;. The van der Waals surface area contributed by atoms with E-state index in [-0.39, 0.29) is 39.5 Å². The molecule has 6 heteroatoms. The van der Waals surface area contributed by atoms with E-state index in [1.165, 1.54) is 0 Å². The zero-order chi connectivity index (χ0) is 29.8. The van der Waals surface area contributed by atoms with Gasteiger partial charge in [-0.05, 0) is 48.9 Å². The molecule has 1 atom stereocenters. The van der Waals surface area contributed by atoms with Crippen molar-refractivity contribution in [3.8, 4) is 0 Å². The Morgan fingerprint density at radius 2 is 1.37 bits per heavy atom. The van der Waals surface area contributed by atoms with Crippen molar-refractivity contribution in [1.29, 1.82) is 0 Å². The second-order valence-electron chi connectivity index (χ2n) is 13.6. The van der Waals surface area contributed by atoms with Crippen molar-refractivity contribution >= 4 is 11.7 Å². The van der Waals surface area contributed by atoms with Crippen LogP contribution in [0.5, 0.6) is 0 Å². The molecule has 0 aromatic carbocycles. The van der Waals surface area contributed by atoms with Crippen LogP contribution in [0.3, 0.4) is 0 Å². The van der Waals surface area contributed by atoms with E-state index in [2.05, 4.69) is 62.3 Å². The van der Waals surface area contributed by atoms with Gasteiger partial charge >= 0.3 is 0 Å². The van der Waals surface area contributed by atoms with E-state index in [0.717, 1.165) is 31.9 Å². The molecule has 0 aliphatic carbocycles. The van der Waals surface area contributed by atoms with Crippen LogP contribution in [0.25, 0.3) is 0 Å². The smallest absolute Gasteiger partial charge is 0.222 e. The van der Waals surface area contributed by atoms with Crippen molar-refractivity contribution in [3.63, 3.8) is 0 Å². The van der Waals surface area contributed by atoms with Crippen molar-refractivity contribution in [2.45, 2.75) is 136 Å². The summed E-state index contributed by atoms with van der Waals surface area (Å²) < 4.78 is 12.1. The molecule has 0 aliphatic heterocycles. The number of amides is 1. The molecule has 0 saturated heterocycles. The first-order valence-corrected chi connectivity index (χ1v) is 14.5. The number of carbonyl (C=O) groups is 2. The molecule has 5 nitrogen and oxygen atoms in total. The molecule has 0 bridgehead atoms. The molecule has 0 radical (unpaired) electrons. The number of ketones is 1. The number of hydrogen-bond acceptors (Lipinski definition) is 4. The first-order valence-electron chi connectivity index (χ1n) is 14.5. The van der Waals surface area contributed by atoms with E-state index >= 15 is 0 Å². The van der Waals surface area contributed by atoms with Crippen LogP contribution in [-0.4, -0.2) is 49.5 Å². The Bertz CT molecular complexity index is 670. The number of nitrogens with zero attached hydrogens (tertiary/aromatic N) is 1. The van der Waals surface area contributed by atoms with Crippen LogP contribution in [0.2, 0.25) is 0 Å². The fourth-order valence-corrected chi connectivity index (χ4v) is 4.20. The topological polar surface area (TPSA) is 55.8 Å². The molecule has 0 rings (SSSR count). The predicted molar refractivity (Wildman–Crippen MR) is 158 cm³/mol. The van der Waals surface area contributed by atoms with Crippen molar-refractivity contribution in [1.82, 2.24) is 4.90 Å². The third-order valence-corrected chi connectivity index (χ3v) is 8.78. The molecule has 0 heterocycles. The molecule has 0 fully saturated rings. The summed E-state index contributed by atoms with van der Waals surface area (Å²) in [5.74, 6) is 0.801. The molecule has 0 aliphatic rings. The minimum Gasteiger partial charge on any atom is -0.549 e. The second kappa shape index (κ2) is 16.9. The maximum Gasteiger partial charge on any atom is 0.222 e. The summed E-state index contributed by atoms with van der Waals surface area (Å²) >= 11 is 0. The largest absolute Gasteiger partial charge is 0.549 e. The summed E-state index contributed by atoms with van der Waals surface area (Å²) in [6, 6.07) is 0. The van der Waals surface area contributed by atoms with E-state index in [1.54, 1.807) is 6.92 Å². The van der Waals surface area contributed by atoms with Crippen LogP contribution in [0.1, 0.15) is 130 Å². The van der Waals surface area contributed by atoms with Crippen molar-refractivity contribution < 1.29 is 19.1 Å². The zero-order valence-corrected chi connectivity index (χ0v) is 31.0. The summed E-state index contributed by atoms with van der Waals surface area (Å²) in [6.45, 7) is 33.3. The van der Waals surface area contributed by atoms with Gasteiger partial charge in [-0.3, -0.25) is 9.59 Å². The summed E-state index contributed by atoms with van der Waals surface area (Å²) in [5, 5.41) is 0. The van der Waals surface area contributed by atoms with Crippen LogP contribution in [-0.2, 0) is 19.1 Å². The van der Waals surface area contributed by atoms with Gasteiger partial charge < -0.3 is 14.4 Å². The number of carbonyl (C=O) groups excluding carboxylic acids is 2. The summed E-state index contributed by atoms with van der Waals surface area (Å²) in [7, 11) is 1.92. The van der Waals surface area contributed by atoms with Gasteiger partial charge in [-0.15, -0.1) is 6.42 Å². The zero-order valence-electron chi connectivity index (χ0n) is 28.0. The maximum absolute atomic E-state index is 12.5. The molecule has 38 heavy (non-hydrogen) atoms. The van der Waals surface area contributed by atoms with Gasteiger partial charge in [0.05, 0.1) is 6.10 Å². The molecule has 0 saturated carbocycles. The number of rotatable bonds is 17. The van der Waals surface area contributed by atoms with Crippen molar-refractivity contribution in [2.24, 2.45) is 27.6 Å². The summed E-state index contributed by atoms with van der Waals surface area (Å²) in [5.41, 5.74) is -0.545. The monoisotopic (exact) mass is 770 g/mol. The quantitative estimate of drug-likeness (QED) is 0.140. The Morgan fingerprint density at radius 1 is 0.868 bits per heavy atom. The van der Waals surface area contributed by atoms with Gasteiger partial charge in [0.2, 0.25) is 5.91 Å². The normalized spacial score (nSPS) is 13.5. The van der Waals surface area contributed by atoms with Crippen LogP contribution >= 0.6 is 0 Å². The van der Waals surface area contributed by atoms with Gasteiger partial charge in [0, 0.05) is 38.6 Å². The average molecular weight is 774 g/mol. The molecule has 0 aromatic heterocycles. The van der Waals surface area contributed by atoms with Crippen LogP contribution < -0.4 is 0 Å². The van der Waals surface area contributed by atoms with Gasteiger partial charge in [0.25, 0.3) is 0 Å². The number of Topliss-reactive ketones (excluding diaryl/α,β-unsaturated/α-hetero) is 1.